The Morgan fingerprint density at radius 3 is 3.06 bits per heavy atom. The zero-order valence-corrected chi connectivity index (χ0v) is 10.6. The first kappa shape index (κ1) is 12.3. The second-order valence-corrected chi connectivity index (χ2v) is 5.25. The molecule has 5 heteroatoms. The predicted molar refractivity (Wildman–Crippen MR) is 66.9 cm³/mol. The van der Waals surface area contributed by atoms with Gasteiger partial charge in [0.15, 0.2) is 0 Å². The standard InChI is InChI=1S/C12H16ClN3O/c1-12(7-14)3-5-16(8-12)11(17)9-2-4-15-6-10(9)13/h2,4,6H,3,5,7-8,14H2,1H3. The van der Waals surface area contributed by atoms with Crippen LogP contribution in [0, 0.1) is 5.41 Å². The van der Waals surface area contributed by atoms with Crippen LogP contribution >= 0.6 is 11.6 Å². The number of hydrogen-bond acceptors (Lipinski definition) is 3. The van der Waals surface area contributed by atoms with E-state index in [0.29, 0.717) is 23.7 Å². The maximum Gasteiger partial charge on any atom is 0.255 e. The average Bonchev–Trinajstić information content (AvgIpc) is 2.73. The molecule has 1 atom stereocenters. The number of nitrogens with zero attached hydrogens (tertiary/aromatic N) is 2. The number of rotatable bonds is 2. The highest BCUT2D eigenvalue weighted by Crippen LogP contribution is 2.30. The zero-order chi connectivity index (χ0) is 12.5. The van der Waals surface area contributed by atoms with Crippen molar-refractivity contribution in [1.29, 1.82) is 0 Å². The number of hydrogen-bond donors (Lipinski definition) is 1. The van der Waals surface area contributed by atoms with E-state index in [1.54, 1.807) is 12.3 Å². The summed E-state index contributed by atoms with van der Waals surface area (Å²) >= 11 is 5.97. The van der Waals surface area contributed by atoms with Crippen LogP contribution in [0.4, 0.5) is 0 Å². The number of nitrogens with two attached hydrogens (primary N) is 1. The maximum atomic E-state index is 12.2. The lowest BCUT2D eigenvalue weighted by atomic mass is 9.90. The highest BCUT2D eigenvalue weighted by Gasteiger charge is 2.35. The van der Waals surface area contributed by atoms with Crippen molar-refractivity contribution in [2.75, 3.05) is 19.6 Å². The van der Waals surface area contributed by atoms with Crippen molar-refractivity contribution in [3.63, 3.8) is 0 Å². The molecule has 1 aromatic rings. The molecule has 1 unspecified atom stereocenters. The van der Waals surface area contributed by atoms with Crippen LogP contribution in [0.15, 0.2) is 18.5 Å². The number of carbonyl (C=O) groups is 1. The van der Waals surface area contributed by atoms with Crippen molar-refractivity contribution in [2.45, 2.75) is 13.3 Å². The fourth-order valence-electron chi connectivity index (χ4n) is 2.08. The van der Waals surface area contributed by atoms with Gasteiger partial charge in [-0.3, -0.25) is 9.78 Å². The Labute approximate surface area is 106 Å². The molecule has 1 aliphatic heterocycles. The van der Waals surface area contributed by atoms with Crippen molar-refractivity contribution in [1.82, 2.24) is 9.88 Å². The maximum absolute atomic E-state index is 12.2. The topological polar surface area (TPSA) is 59.2 Å². The van der Waals surface area contributed by atoms with E-state index in [4.69, 9.17) is 17.3 Å². The lowest BCUT2D eigenvalue weighted by Crippen LogP contribution is -2.34. The molecular weight excluding hydrogens is 238 g/mol. The molecule has 0 spiro atoms. The zero-order valence-electron chi connectivity index (χ0n) is 9.82. The Hall–Kier alpha value is -1.13. The minimum Gasteiger partial charge on any atom is -0.338 e. The summed E-state index contributed by atoms with van der Waals surface area (Å²) in [4.78, 5) is 17.9. The van der Waals surface area contributed by atoms with Gasteiger partial charge in [-0.15, -0.1) is 0 Å². The Morgan fingerprint density at radius 2 is 2.47 bits per heavy atom. The third-order valence-corrected chi connectivity index (χ3v) is 3.64. The van der Waals surface area contributed by atoms with E-state index in [2.05, 4.69) is 11.9 Å². The van der Waals surface area contributed by atoms with Crippen LogP contribution < -0.4 is 5.73 Å². The number of aromatic nitrogens is 1. The molecule has 17 heavy (non-hydrogen) atoms. The molecule has 1 fully saturated rings. The molecule has 2 rings (SSSR count). The van der Waals surface area contributed by atoms with Gasteiger partial charge in [0.1, 0.15) is 0 Å². The van der Waals surface area contributed by atoms with Gasteiger partial charge in [0.05, 0.1) is 10.6 Å². The van der Waals surface area contributed by atoms with Gasteiger partial charge in [0.2, 0.25) is 0 Å². The third-order valence-electron chi connectivity index (χ3n) is 3.34. The molecule has 1 amide bonds. The van der Waals surface area contributed by atoms with E-state index in [9.17, 15) is 4.79 Å². The Balaban J connectivity index is 2.15. The molecule has 1 aliphatic rings. The van der Waals surface area contributed by atoms with Crippen molar-refractivity contribution in [3.8, 4) is 0 Å². The smallest absolute Gasteiger partial charge is 0.255 e. The van der Waals surface area contributed by atoms with Gasteiger partial charge >= 0.3 is 0 Å². The van der Waals surface area contributed by atoms with Crippen LogP contribution in [0.25, 0.3) is 0 Å². The molecule has 2 heterocycles. The van der Waals surface area contributed by atoms with E-state index in [-0.39, 0.29) is 11.3 Å². The summed E-state index contributed by atoms with van der Waals surface area (Å²) in [6.07, 6.45) is 4.02. The second-order valence-electron chi connectivity index (χ2n) is 4.85. The number of likely N-dealkylation sites (tertiary alicyclic amines) is 1. The van der Waals surface area contributed by atoms with Gasteiger partial charge in [0.25, 0.3) is 5.91 Å². The first-order valence-electron chi connectivity index (χ1n) is 5.65. The summed E-state index contributed by atoms with van der Waals surface area (Å²) in [5.74, 6) is -0.0328. The van der Waals surface area contributed by atoms with Crippen LogP contribution in [0.3, 0.4) is 0 Å². The van der Waals surface area contributed by atoms with Crippen LogP contribution in [0.5, 0.6) is 0 Å². The summed E-state index contributed by atoms with van der Waals surface area (Å²) in [6.45, 7) is 4.14. The van der Waals surface area contributed by atoms with E-state index < -0.39 is 0 Å². The molecule has 92 valence electrons. The molecule has 2 N–H and O–H groups in total. The monoisotopic (exact) mass is 253 g/mol. The van der Waals surface area contributed by atoms with Gasteiger partial charge in [-0.1, -0.05) is 18.5 Å². The Bertz CT molecular complexity index is 438. The number of carbonyl (C=O) groups excluding carboxylic acids is 1. The highest BCUT2D eigenvalue weighted by atomic mass is 35.5. The predicted octanol–water partition coefficient (Wildman–Crippen LogP) is 1.55. The summed E-state index contributed by atoms with van der Waals surface area (Å²) in [7, 11) is 0. The molecule has 1 aromatic heterocycles. The van der Waals surface area contributed by atoms with Crippen molar-refractivity contribution in [3.05, 3.63) is 29.0 Å². The quantitative estimate of drug-likeness (QED) is 0.870. The van der Waals surface area contributed by atoms with Crippen LogP contribution in [0.2, 0.25) is 5.02 Å². The SMILES string of the molecule is CC1(CN)CCN(C(=O)c2ccncc2Cl)C1. The van der Waals surface area contributed by atoms with Crippen LogP contribution in [-0.4, -0.2) is 35.4 Å². The number of amides is 1. The molecule has 4 nitrogen and oxygen atoms in total. The number of halogens is 1. The van der Waals surface area contributed by atoms with Crippen LogP contribution in [0.1, 0.15) is 23.7 Å². The minimum atomic E-state index is -0.0328. The van der Waals surface area contributed by atoms with Crippen molar-refractivity contribution < 1.29 is 4.79 Å². The van der Waals surface area contributed by atoms with Gasteiger partial charge in [-0.25, -0.2) is 0 Å². The van der Waals surface area contributed by atoms with Gasteiger partial charge < -0.3 is 10.6 Å². The Morgan fingerprint density at radius 1 is 1.71 bits per heavy atom. The largest absolute Gasteiger partial charge is 0.338 e. The molecule has 0 aromatic carbocycles. The first-order chi connectivity index (χ1) is 8.06. The van der Waals surface area contributed by atoms with Crippen molar-refractivity contribution in [2.24, 2.45) is 11.1 Å². The normalized spacial score (nSPS) is 24.1. The summed E-state index contributed by atoms with van der Waals surface area (Å²) in [6, 6.07) is 1.66. The lowest BCUT2D eigenvalue weighted by Gasteiger charge is -2.22. The summed E-state index contributed by atoms with van der Waals surface area (Å²) < 4.78 is 0. The molecule has 0 aliphatic carbocycles. The molecular formula is C12H16ClN3O. The van der Waals surface area contributed by atoms with Crippen molar-refractivity contribution >= 4 is 17.5 Å². The number of pyridine rings is 1. The van der Waals surface area contributed by atoms with Gasteiger partial charge in [-0.05, 0) is 24.4 Å². The van der Waals surface area contributed by atoms with Gasteiger partial charge in [-0.2, -0.15) is 0 Å². The molecule has 0 bridgehead atoms. The Kier molecular flexibility index (Phi) is 3.35. The lowest BCUT2D eigenvalue weighted by molar-refractivity contribution is 0.0777. The van der Waals surface area contributed by atoms with E-state index in [1.807, 2.05) is 4.90 Å². The third kappa shape index (κ3) is 2.42. The summed E-state index contributed by atoms with van der Waals surface area (Å²) in [5.41, 5.74) is 6.28. The van der Waals surface area contributed by atoms with E-state index in [1.165, 1.54) is 6.20 Å². The molecule has 1 saturated heterocycles. The minimum absolute atomic E-state index is 0.0328. The van der Waals surface area contributed by atoms with E-state index >= 15 is 0 Å². The second kappa shape index (κ2) is 4.63. The highest BCUT2D eigenvalue weighted by molar-refractivity contribution is 6.33. The molecule has 0 saturated carbocycles. The summed E-state index contributed by atoms with van der Waals surface area (Å²) in [5, 5.41) is 0.402. The first-order valence-corrected chi connectivity index (χ1v) is 6.02. The fraction of sp³-hybridized carbons (Fsp3) is 0.500. The van der Waals surface area contributed by atoms with E-state index in [0.717, 1.165) is 13.0 Å². The van der Waals surface area contributed by atoms with Gasteiger partial charge in [0, 0.05) is 25.5 Å². The fourth-order valence-corrected chi connectivity index (χ4v) is 2.28. The average molecular weight is 254 g/mol. The molecule has 0 radical (unpaired) electrons. The van der Waals surface area contributed by atoms with Crippen LogP contribution in [-0.2, 0) is 0 Å².